The molecule has 2 fully saturated rings. The topological polar surface area (TPSA) is 53.1 Å². The highest BCUT2D eigenvalue weighted by Gasteiger charge is 2.32. The molecule has 0 radical (unpaired) electrons. The standard InChI is InChI=1S/C13H27N3O3S/c1-14(20(17,18)16-6-3-4-7-16)11-13-5-8-15(12-13)9-10-19-2/h13H,3-12H2,1-2H3. The number of likely N-dealkylation sites (tertiary alicyclic amines) is 1. The molecule has 2 rings (SSSR count). The van der Waals surface area contributed by atoms with Crippen molar-refractivity contribution in [1.29, 1.82) is 0 Å². The first-order valence-electron chi connectivity index (χ1n) is 7.46. The lowest BCUT2D eigenvalue weighted by Crippen LogP contribution is -2.42. The Kier molecular flexibility index (Phi) is 5.80. The number of ether oxygens (including phenoxy) is 1. The van der Waals surface area contributed by atoms with Crippen LogP contribution in [0, 0.1) is 5.92 Å². The SMILES string of the molecule is COCCN1CCC(CN(C)S(=O)(=O)N2CCCC2)C1. The molecule has 7 heteroatoms. The molecule has 20 heavy (non-hydrogen) atoms. The Morgan fingerprint density at radius 3 is 2.60 bits per heavy atom. The third-order valence-electron chi connectivity index (χ3n) is 4.28. The van der Waals surface area contributed by atoms with Crippen LogP contribution in [0.5, 0.6) is 0 Å². The second-order valence-corrected chi connectivity index (χ2v) is 7.88. The van der Waals surface area contributed by atoms with Gasteiger partial charge in [0, 0.05) is 46.9 Å². The van der Waals surface area contributed by atoms with Crippen LogP contribution in [0.4, 0.5) is 0 Å². The van der Waals surface area contributed by atoms with Gasteiger partial charge < -0.3 is 9.64 Å². The van der Waals surface area contributed by atoms with Crippen LogP contribution < -0.4 is 0 Å². The first-order valence-corrected chi connectivity index (χ1v) is 8.86. The summed E-state index contributed by atoms with van der Waals surface area (Å²) in [5, 5.41) is 0. The van der Waals surface area contributed by atoms with Crippen LogP contribution >= 0.6 is 0 Å². The average molecular weight is 305 g/mol. The van der Waals surface area contributed by atoms with Crippen LogP contribution in [-0.2, 0) is 14.9 Å². The summed E-state index contributed by atoms with van der Waals surface area (Å²) in [6.07, 6.45) is 3.05. The van der Waals surface area contributed by atoms with Gasteiger partial charge in [-0.1, -0.05) is 0 Å². The van der Waals surface area contributed by atoms with Gasteiger partial charge in [0.2, 0.25) is 0 Å². The second-order valence-electron chi connectivity index (χ2n) is 5.84. The lowest BCUT2D eigenvalue weighted by atomic mass is 10.1. The predicted octanol–water partition coefficient (Wildman–Crippen LogP) is 0.227. The Hall–Kier alpha value is -0.210. The number of nitrogens with zero attached hydrogens (tertiary/aromatic N) is 3. The molecular formula is C13H27N3O3S. The highest BCUT2D eigenvalue weighted by atomic mass is 32.2. The van der Waals surface area contributed by atoms with Gasteiger partial charge in [-0.2, -0.15) is 17.0 Å². The molecule has 0 saturated carbocycles. The summed E-state index contributed by atoms with van der Waals surface area (Å²) in [6, 6.07) is 0. The first kappa shape index (κ1) is 16.2. The maximum Gasteiger partial charge on any atom is 0.281 e. The second kappa shape index (κ2) is 7.17. The van der Waals surface area contributed by atoms with Crippen LogP contribution in [0.3, 0.4) is 0 Å². The van der Waals surface area contributed by atoms with E-state index in [2.05, 4.69) is 4.90 Å². The van der Waals surface area contributed by atoms with E-state index in [0.717, 1.165) is 45.5 Å². The molecule has 0 bridgehead atoms. The van der Waals surface area contributed by atoms with Crippen molar-refractivity contribution in [2.45, 2.75) is 19.3 Å². The Morgan fingerprint density at radius 2 is 1.95 bits per heavy atom. The first-order chi connectivity index (χ1) is 9.54. The minimum absolute atomic E-state index is 0.439. The van der Waals surface area contributed by atoms with E-state index < -0.39 is 10.2 Å². The molecule has 0 aromatic rings. The summed E-state index contributed by atoms with van der Waals surface area (Å²) in [5.41, 5.74) is 0. The summed E-state index contributed by atoms with van der Waals surface area (Å²) >= 11 is 0. The Morgan fingerprint density at radius 1 is 1.25 bits per heavy atom. The maximum absolute atomic E-state index is 12.4. The van der Waals surface area contributed by atoms with E-state index in [1.807, 2.05) is 0 Å². The lowest BCUT2D eigenvalue weighted by Gasteiger charge is -2.26. The zero-order valence-corrected chi connectivity index (χ0v) is 13.4. The van der Waals surface area contributed by atoms with Gasteiger partial charge in [-0.3, -0.25) is 0 Å². The van der Waals surface area contributed by atoms with Gasteiger partial charge in [-0.15, -0.1) is 0 Å². The van der Waals surface area contributed by atoms with E-state index in [4.69, 9.17) is 4.74 Å². The van der Waals surface area contributed by atoms with Crippen LogP contribution in [0.25, 0.3) is 0 Å². The van der Waals surface area contributed by atoms with Crippen molar-refractivity contribution in [3.05, 3.63) is 0 Å². The van der Waals surface area contributed by atoms with Crippen molar-refractivity contribution in [1.82, 2.24) is 13.5 Å². The van der Waals surface area contributed by atoms with Crippen molar-refractivity contribution >= 4 is 10.2 Å². The van der Waals surface area contributed by atoms with Crippen molar-refractivity contribution in [3.8, 4) is 0 Å². The van der Waals surface area contributed by atoms with E-state index in [9.17, 15) is 8.42 Å². The van der Waals surface area contributed by atoms with Crippen molar-refractivity contribution in [3.63, 3.8) is 0 Å². The normalized spacial score (nSPS) is 25.9. The van der Waals surface area contributed by atoms with Gasteiger partial charge in [-0.25, -0.2) is 0 Å². The lowest BCUT2D eigenvalue weighted by molar-refractivity contribution is 0.158. The zero-order chi connectivity index (χ0) is 14.6. The molecule has 0 aromatic carbocycles. The molecule has 0 spiro atoms. The highest BCUT2D eigenvalue weighted by molar-refractivity contribution is 7.86. The van der Waals surface area contributed by atoms with Crippen LogP contribution in [0.1, 0.15) is 19.3 Å². The number of hydrogen-bond donors (Lipinski definition) is 0. The molecule has 0 aromatic heterocycles. The summed E-state index contributed by atoms with van der Waals surface area (Å²) in [7, 11) is 0.189. The molecule has 6 nitrogen and oxygen atoms in total. The summed E-state index contributed by atoms with van der Waals surface area (Å²) in [6.45, 7) is 5.69. The Balaban J connectivity index is 1.81. The fraction of sp³-hybridized carbons (Fsp3) is 1.00. The van der Waals surface area contributed by atoms with Crippen LogP contribution in [0.2, 0.25) is 0 Å². The summed E-state index contributed by atoms with van der Waals surface area (Å²) < 4.78 is 33.0. The monoisotopic (exact) mass is 305 g/mol. The van der Waals surface area contributed by atoms with Gasteiger partial charge in [0.25, 0.3) is 10.2 Å². The molecule has 1 atom stereocenters. The van der Waals surface area contributed by atoms with Gasteiger partial charge in [0.1, 0.15) is 0 Å². The quantitative estimate of drug-likeness (QED) is 0.675. The Bertz CT molecular complexity index is 396. The molecule has 1 unspecified atom stereocenters. The number of hydrogen-bond acceptors (Lipinski definition) is 4. The minimum Gasteiger partial charge on any atom is -0.383 e. The van der Waals surface area contributed by atoms with Crippen LogP contribution in [0.15, 0.2) is 0 Å². The zero-order valence-electron chi connectivity index (χ0n) is 12.6. The van der Waals surface area contributed by atoms with Gasteiger partial charge in [0.15, 0.2) is 0 Å². The van der Waals surface area contributed by atoms with Crippen molar-refractivity contribution < 1.29 is 13.2 Å². The molecule has 2 aliphatic rings. The Labute approximate surface area is 122 Å². The highest BCUT2D eigenvalue weighted by Crippen LogP contribution is 2.20. The van der Waals surface area contributed by atoms with E-state index >= 15 is 0 Å². The smallest absolute Gasteiger partial charge is 0.281 e. The summed E-state index contributed by atoms with van der Waals surface area (Å²) in [4.78, 5) is 2.35. The van der Waals surface area contributed by atoms with Gasteiger partial charge >= 0.3 is 0 Å². The largest absolute Gasteiger partial charge is 0.383 e. The molecule has 2 heterocycles. The fourth-order valence-corrected chi connectivity index (χ4v) is 4.57. The number of methoxy groups -OCH3 is 1. The predicted molar refractivity (Wildman–Crippen MR) is 78.8 cm³/mol. The molecule has 0 N–H and O–H groups in total. The summed E-state index contributed by atoms with van der Waals surface area (Å²) in [5.74, 6) is 0.439. The van der Waals surface area contributed by atoms with E-state index in [1.165, 1.54) is 0 Å². The maximum atomic E-state index is 12.4. The van der Waals surface area contributed by atoms with E-state index in [0.29, 0.717) is 25.6 Å². The molecule has 2 aliphatic heterocycles. The number of rotatable bonds is 7. The molecule has 0 aliphatic carbocycles. The fourth-order valence-electron chi connectivity index (χ4n) is 3.06. The van der Waals surface area contributed by atoms with Gasteiger partial charge in [0.05, 0.1) is 6.61 Å². The average Bonchev–Trinajstić information content (AvgIpc) is 3.07. The third kappa shape index (κ3) is 3.92. The molecular weight excluding hydrogens is 278 g/mol. The molecule has 2 saturated heterocycles. The molecule has 0 amide bonds. The molecule has 118 valence electrons. The van der Waals surface area contributed by atoms with E-state index in [1.54, 1.807) is 22.8 Å². The van der Waals surface area contributed by atoms with Crippen molar-refractivity contribution in [2.75, 3.05) is 60.0 Å². The van der Waals surface area contributed by atoms with Crippen molar-refractivity contribution in [2.24, 2.45) is 5.92 Å². The third-order valence-corrected chi connectivity index (χ3v) is 6.24. The minimum atomic E-state index is -3.24. The van der Waals surface area contributed by atoms with Crippen LogP contribution in [-0.4, -0.2) is 82.0 Å². The van der Waals surface area contributed by atoms with Gasteiger partial charge in [-0.05, 0) is 31.7 Å². The van der Waals surface area contributed by atoms with E-state index in [-0.39, 0.29) is 0 Å².